The fraction of sp³-hybridized carbons (Fsp3) is 0.211. The Labute approximate surface area is 154 Å². The van der Waals surface area contributed by atoms with Gasteiger partial charge in [0.05, 0.1) is 16.7 Å². The van der Waals surface area contributed by atoms with Crippen LogP contribution in [0.25, 0.3) is 10.9 Å². The summed E-state index contributed by atoms with van der Waals surface area (Å²) in [5, 5.41) is 1.12. The molecule has 2 heterocycles. The minimum atomic E-state index is -0.108. The summed E-state index contributed by atoms with van der Waals surface area (Å²) in [5.41, 5.74) is 1.29. The summed E-state index contributed by atoms with van der Waals surface area (Å²) in [4.78, 5) is 31.9. The zero-order valence-electron chi connectivity index (χ0n) is 14.1. The highest BCUT2D eigenvalue weighted by molar-refractivity contribution is 7.99. The molecule has 0 amide bonds. The van der Waals surface area contributed by atoms with Crippen molar-refractivity contribution in [3.63, 3.8) is 0 Å². The lowest BCUT2D eigenvalue weighted by Gasteiger charge is -2.11. The minimum Gasteiger partial charge on any atom is -0.293 e. The molecule has 3 aromatic rings. The molecule has 0 radical (unpaired) electrons. The Kier molecular flexibility index (Phi) is 5.20. The summed E-state index contributed by atoms with van der Waals surface area (Å²) in [5.74, 6) is 0.304. The van der Waals surface area contributed by atoms with Gasteiger partial charge in [0, 0.05) is 21.9 Å². The van der Waals surface area contributed by atoms with Crippen molar-refractivity contribution in [1.29, 1.82) is 0 Å². The number of nitrogens with zero attached hydrogens (tertiary/aromatic N) is 2. The number of hydrogen-bond donors (Lipinski definition) is 0. The number of carbonyl (C=O) groups is 1. The molecule has 0 N–H and O–H groups in total. The number of hydrogen-bond acceptors (Lipinski definition) is 5. The van der Waals surface area contributed by atoms with Crippen molar-refractivity contribution in [3.05, 3.63) is 68.7 Å². The van der Waals surface area contributed by atoms with Crippen LogP contribution in [-0.4, -0.2) is 21.1 Å². The Hall–Kier alpha value is -2.18. The Morgan fingerprint density at radius 1 is 1.36 bits per heavy atom. The van der Waals surface area contributed by atoms with Gasteiger partial charge in [-0.15, -0.1) is 17.9 Å². The fourth-order valence-corrected chi connectivity index (χ4v) is 4.50. The molecule has 0 saturated heterocycles. The average molecular weight is 370 g/mol. The van der Waals surface area contributed by atoms with E-state index in [4.69, 9.17) is 0 Å². The molecule has 0 atom stereocenters. The number of thioether (sulfide) groups is 1. The van der Waals surface area contributed by atoms with Gasteiger partial charge in [-0.2, -0.15) is 0 Å². The number of Topliss-reactive ketones (excluding diaryl/α,β-unsaturated/α-hetero) is 1. The summed E-state index contributed by atoms with van der Waals surface area (Å²) in [7, 11) is 0. The van der Waals surface area contributed by atoms with Crippen molar-refractivity contribution < 1.29 is 4.79 Å². The van der Waals surface area contributed by atoms with E-state index in [1.54, 1.807) is 28.0 Å². The number of benzene rings is 1. The highest BCUT2D eigenvalue weighted by Crippen LogP contribution is 2.24. The maximum atomic E-state index is 12.7. The van der Waals surface area contributed by atoms with Crippen LogP contribution in [-0.2, 0) is 6.54 Å². The van der Waals surface area contributed by atoms with Crippen molar-refractivity contribution in [2.45, 2.75) is 25.5 Å². The lowest BCUT2D eigenvalue weighted by molar-refractivity contribution is 0.102. The maximum absolute atomic E-state index is 12.7. The third kappa shape index (κ3) is 3.60. The van der Waals surface area contributed by atoms with Gasteiger partial charge in [-0.3, -0.25) is 14.2 Å². The quantitative estimate of drug-likeness (QED) is 0.282. The number of ketones is 1. The summed E-state index contributed by atoms with van der Waals surface area (Å²) >= 11 is 2.92. The fourth-order valence-electron chi connectivity index (χ4n) is 2.66. The predicted molar refractivity (Wildman–Crippen MR) is 105 cm³/mol. The predicted octanol–water partition coefficient (Wildman–Crippen LogP) is 4.24. The molecule has 1 aromatic carbocycles. The molecule has 0 bridgehead atoms. The molecule has 0 spiro atoms. The molecule has 0 aliphatic rings. The van der Waals surface area contributed by atoms with Crippen LogP contribution >= 0.6 is 23.1 Å². The molecule has 2 aromatic heterocycles. The van der Waals surface area contributed by atoms with Crippen LogP contribution in [0, 0.1) is 13.8 Å². The SMILES string of the molecule is C=CCn1c(SCC(=O)c2cc(C)sc2C)nc2ccccc2c1=O. The Balaban J connectivity index is 1.93. The van der Waals surface area contributed by atoms with Gasteiger partial charge in [0.15, 0.2) is 10.9 Å². The first kappa shape index (κ1) is 17.6. The van der Waals surface area contributed by atoms with Crippen molar-refractivity contribution in [1.82, 2.24) is 9.55 Å². The van der Waals surface area contributed by atoms with Gasteiger partial charge in [0.1, 0.15) is 0 Å². The normalized spacial score (nSPS) is 11.0. The van der Waals surface area contributed by atoms with Crippen LogP contribution in [0.4, 0.5) is 0 Å². The van der Waals surface area contributed by atoms with Crippen molar-refractivity contribution >= 4 is 39.8 Å². The van der Waals surface area contributed by atoms with Gasteiger partial charge < -0.3 is 0 Å². The van der Waals surface area contributed by atoms with Crippen LogP contribution in [0.2, 0.25) is 0 Å². The number of rotatable bonds is 6. The van der Waals surface area contributed by atoms with E-state index in [9.17, 15) is 9.59 Å². The number of aryl methyl sites for hydroxylation is 2. The van der Waals surface area contributed by atoms with Gasteiger partial charge in [0.25, 0.3) is 5.56 Å². The number of para-hydroxylation sites is 1. The number of fused-ring (bicyclic) bond motifs is 1. The van der Waals surface area contributed by atoms with Crippen LogP contribution in [0.15, 0.2) is 52.9 Å². The molecule has 0 saturated carbocycles. The first-order valence-corrected chi connectivity index (χ1v) is 9.65. The average Bonchev–Trinajstić information content (AvgIpc) is 2.94. The first-order chi connectivity index (χ1) is 12.0. The zero-order chi connectivity index (χ0) is 18.0. The molecule has 0 aliphatic carbocycles. The molecular weight excluding hydrogens is 352 g/mol. The number of thiophene rings is 1. The second kappa shape index (κ2) is 7.37. The number of allylic oxidation sites excluding steroid dienone is 1. The molecule has 0 aliphatic heterocycles. The second-order valence-corrected chi connectivity index (χ2v) is 8.06. The van der Waals surface area contributed by atoms with Gasteiger partial charge >= 0.3 is 0 Å². The molecule has 4 nitrogen and oxygen atoms in total. The third-order valence-corrected chi connectivity index (χ3v) is 5.75. The van der Waals surface area contributed by atoms with Crippen molar-refractivity contribution in [2.75, 3.05) is 5.75 Å². The van der Waals surface area contributed by atoms with E-state index >= 15 is 0 Å². The highest BCUT2D eigenvalue weighted by atomic mass is 32.2. The molecule has 0 unspecified atom stereocenters. The standard InChI is InChI=1S/C19H18N2O2S2/c1-4-9-21-18(23)14-7-5-6-8-16(14)20-19(21)24-11-17(22)15-10-12(2)25-13(15)3/h4-8,10H,1,9,11H2,2-3H3. The van der Waals surface area contributed by atoms with Crippen LogP contribution in [0.3, 0.4) is 0 Å². The Morgan fingerprint density at radius 2 is 2.12 bits per heavy atom. The highest BCUT2D eigenvalue weighted by Gasteiger charge is 2.15. The van der Waals surface area contributed by atoms with Gasteiger partial charge in [-0.1, -0.05) is 30.0 Å². The molecule has 3 rings (SSSR count). The largest absolute Gasteiger partial charge is 0.293 e. The summed E-state index contributed by atoms with van der Waals surface area (Å²) in [6.07, 6.45) is 1.66. The molecule has 6 heteroatoms. The van der Waals surface area contributed by atoms with Gasteiger partial charge in [-0.05, 0) is 32.0 Å². The van der Waals surface area contributed by atoms with Crippen molar-refractivity contribution in [3.8, 4) is 0 Å². The lowest BCUT2D eigenvalue weighted by atomic mass is 10.2. The summed E-state index contributed by atoms with van der Waals surface area (Å²) in [6, 6.07) is 9.17. The van der Waals surface area contributed by atoms with Crippen LogP contribution in [0.1, 0.15) is 20.1 Å². The smallest absolute Gasteiger partial charge is 0.262 e. The van der Waals surface area contributed by atoms with E-state index in [0.29, 0.717) is 22.6 Å². The van der Waals surface area contributed by atoms with E-state index in [0.717, 1.165) is 15.3 Å². The Bertz CT molecular complexity index is 1020. The first-order valence-electron chi connectivity index (χ1n) is 7.84. The molecule has 128 valence electrons. The van der Waals surface area contributed by atoms with E-state index in [1.807, 2.05) is 38.1 Å². The summed E-state index contributed by atoms with van der Waals surface area (Å²) < 4.78 is 1.57. The van der Waals surface area contributed by atoms with E-state index in [1.165, 1.54) is 11.8 Å². The maximum Gasteiger partial charge on any atom is 0.262 e. The van der Waals surface area contributed by atoms with Gasteiger partial charge in [-0.25, -0.2) is 4.98 Å². The third-order valence-electron chi connectivity index (χ3n) is 3.81. The Morgan fingerprint density at radius 3 is 2.80 bits per heavy atom. The summed E-state index contributed by atoms with van der Waals surface area (Å²) in [6.45, 7) is 8.03. The zero-order valence-corrected chi connectivity index (χ0v) is 15.7. The number of carbonyl (C=O) groups excluding carboxylic acids is 1. The lowest BCUT2D eigenvalue weighted by Crippen LogP contribution is -2.23. The minimum absolute atomic E-state index is 0.0550. The van der Waals surface area contributed by atoms with Crippen molar-refractivity contribution in [2.24, 2.45) is 0 Å². The molecular formula is C19H18N2O2S2. The topological polar surface area (TPSA) is 52.0 Å². The number of aromatic nitrogens is 2. The second-order valence-electron chi connectivity index (χ2n) is 5.65. The molecule has 25 heavy (non-hydrogen) atoms. The van der Waals surface area contributed by atoms with E-state index in [2.05, 4.69) is 11.6 Å². The monoisotopic (exact) mass is 370 g/mol. The van der Waals surface area contributed by atoms with E-state index in [-0.39, 0.29) is 17.1 Å². The molecule has 0 fully saturated rings. The van der Waals surface area contributed by atoms with E-state index < -0.39 is 0 Å². The van der Waals surface area contributed by atoms with Gasteiger partial charge in [0.2, 0.25) is 0 Å². The van der Waals surface area contributed by atoms with Crippen LogP contribution in [0.5, 0.6) is 0 Å². The van der Waals surface area contributed by atoms with Crippen LogP contribution < -0.4 is 5.56 Å².